The molecule has 4 nitrogen and oxygen atoms in total. The zero-order chi connectivity index (χ0) is 21.5. The molecule has 0 atom stereocenters. The molecule has 0 unspecified atom stereocenters. The quantitative estimate of drug-likeness (QED) is 0.445. The first-order chi connectivity index (χ1) is 14.5. The van der Waals surface area contributed by atoms with Crippen molar-refractivity contribution in [2.45, 2.75) is 27.2 Å². The molecule has 2 aromatic carbocycles. The highest BCUT2D eigenvalue weighted by atomic mass is 32.1. The predicted molar refractivity (Wildman–Crippen MR) is 123 cm³/mol. The largest absolute Gasteiger partial charge is 0.304 e. The molecule has 0 saturated carbocycles. The maximum atomic E-state index is 13.7. The predicted octanol–water partition coefficient (Wildman–Crippen LogP) is 5.64. The van der Waals surface area contributed by atoms with Gasteiger partial charge in [0.15, 0.2) is 5.13 Å². The Kier molecular flexibility index (Phi) is 7.71. The normalized spacial score (nSPS) is 11.1. The van der Waals surface area contributed by atoms with E-state index in [1.165, 1.54) is 29.0 Å². The Hall–Kier alpha value is -2.57. The number of carbonyl (C=O) groups is 1. The number of aromatic nitrogens is 1. The Morgan fingerprint density at radius 1 is 1.07 bits per heavy atom. The van der Waals surface area contributed by atoms with Crippen molar-refractivity contribution in [2.75, 3.05) is 31.1 Å². The smallest absolute Gasteiger partial charge is 0.260 e. The van der Waals surface area contributed by atoms with E-state index in [0.717, 1.165) is 37.3 Å². The minimum Gasteiger partial charge on any atom is -0.304 e. The van der Waals surface area contributed by atoms with Crippen molar-refractivity contribution >= 4 is 22.4 Å². The monoisotopic (exact) mass is 425 g/mol. The lowest BCUT2D eigenvalue weighted by Gasteiger charge is -2.23. The van der Waals surface area contributed by atoms with Crippen LogP contribution in [0.5, 0.6) is 0 Å². The van der Waals surface area contributed by atoms with E-state index in [2.05, 4.69) is 18.7 Å². The molecule has 6 heteroatoms. The molecule has 158 valence electrons. The van der Waals surface area contributed by atoms with Crippen molar-refractivity contribution in [1.29, 1.82) is 0 Å². The summed E-state index contributed by atoms with van der Waals surface area (Å²) in [5, 5.41) is 2.61. The van der Waals surface area contributed by atoms with E-state index < -0.39 is 5.82 Å². The standard InChI is InChI=1S/C24H28FN3OS/c1-4-27(5-2)14-7-15-28(23(29)20-8-6-9-21(25)16-20)24-26-22(17-30-24)19-12-10-18(3)11-13-19/h6,8-13,16-17H,4-5,7,14-15H2,1-3H3. The zero-order valence-electron chi connectivity index (χ0n) is 17.8. The van der Waals surface area contributed by atoms with Gasteiger partial charge < -0.3 is 4.90 Å². The maximum Gasteiger partial charge on any atom is 0.260 e. The second-order valence-corrected chi connectivity index (χ2v) is 8.07. The third-order valence-electron chi connectivity index (χ3n) is 5.14. The van der Waals surface area contributed by atoms with Gasteiger partial charge in [0.2, 0.25) is 0 Å². The van der Waals surface area contributed by atoms with Crippen LogP contribution >= 0.6 is 11.3 Å². The van der Waals surface area contributed by atoms with Crippen LogP contribution in [-0.4, -0.2) is 42.0 Å². The Labute approximate surface area is 182 Å². The fourth-order valence-electron chi connectivity index (χ4n) is 3.30. The van der Waals surface area contributed by atoms with E-state index in [1.807, 2.05) is 36.6 Å². The van der Waals surface area contributed by atoms with Crippen LogP contribution in [0.4, 0.5) is 9.52 Å². The average molecular weight is 426 g/mol. The first-order valence-corrected chi connectivity index (χ1v) is 11.2. The third-order valence-corrected chi connectivity index (χ3v) is 6.00. The summed E-state index contributed by atoms with van der Waals surface area (Å²) in [4.78, 5) is 22.0. The van der Waals surface area contributed by atoms with Crippen molar-refractivity contribution in [1.82, 2.24) is 9.88 Å². The molecule has 0 radical (unpaired) electrons. The van der Waals surface area contributed by atoms with Gasteiger partial charge in [0, 0.05) is 23.1 Å². The van der Waals surface area contributed by atoms with E-state index in [0.29, 0.717) is 17.2 Å². The van der Waals surface area contributed by atoms with Gasteiger partial charge in [0.25, 0.3) is 5.91 Å². The SMILES string of the molecule is CCN(CC)CCCN(C(=O)c1cccc(F)c1)c1nc(-c2ccc(C)cc2)cs1. The number of halogens is 1. The van der Waals surface area contributed by atoms with E-state index in [1.54, 1.807) is 17.0 Å². The van der Waals surface area contributed by atoms with Crippen LogP contribution in [0.3, 0.4) is 0 Å². The maximum absolute atomic E-state index is 13.7. The van der Waals surface area contributed by atoms with Crippen molar-refractivity contribution in [3.05, 3.63) is 70.9 Å². The van der Waals surface area contributed by atoms with Gasteiger partial charge in [-0.3, -0.25) is 9.69 Å². The van der Waals surface area contributed by atoms with Crippen LogP contribution in [0.2, 0.25) is 0 Å². The molecule has 0 saturated heterocycles. The minimum atomic E-state index is -0.413. The minimum absolute atomic E-state index is 0.223. The first kappa shape index (κ1) is 22.1. The Morgan fingerprint density at radius 2 is 1.80 bits per heavy atom. The Balaban J connectivity index is 1.85. The molecule has 0 bridgehead atoms. The number of thiazole rings is 1. The molecule has 1 amide bonds. The van der Waals surface area contributed by atoms with Crippen molar-refractivity contribution in [3.8, 4) is 11.3 Å². The van der Waals surface area contributed by atoms with Crippen LogP contribution in [0.1, 0.15) is 36.2 Å². The van der Waals surface area contributed by atoms with E-state index in [-0.39, 0.29) is 5.91 Å². The molecule has 1 aromatic heterocycles. The second kappa shape index (κ2) is 10.5. The molecular formula is C24H28FN3OS. The lowest BCUT2D eigenvalue weighted by atomic mass is 10.1. The number of rotatable bonds is 9. The van der Waals surface area contributed by atoms with E-state index >= 15 is 0 Å². The number of amides is 1. The molecular weight excluding hydrogens is 397 g/mol. The van der Waals surface area contributed by atoms with Gasteiger partial charge in [-0.05, 0) is 51.2 Å². The molecule has 3 rings (SSSR count). The summed E-state index contributed by atoms with van der Waals surface area (Å²) in [6, 6.07) is 14.0. The Morgan fingerprint density at radius 3 is 2.47 bits per heavy atom. The fourth-order valence-corrected chi connectivity index (χ4v) is 4.16. The fraction of sp³-hybridized carbons (Fsp3) is 0.333. The van der Waals surface area contributed by atoms with Crippen molar-refractivity contribution in [3.63, 3.8) is 0 Å². The summed E-state index contributed by atoms with van der Waals surface area (Å²) in [6.07, 6.45) is 0.822. The second-order valence-electron chi connectivity index (χ2n) is 7.23. The first-order valence-electron chi connectivity index (χ1n) is 10.3. The molecule has 30 heavy (non-hydrogen) atoms. The molecule has 0 aliphatic rings. The zero-order valence-corrected chi connectivity index (χ0v) is 18.6. The number of carbonyl (C=O) groups excluding carboxylic acids is 1. The number of hydrogen-bond acceptors (Lipinski definition) is 4. The highest BCUT2D eigenvalue weighted by Crippen LogP contribution is 2.29. The molecule has 0 aliphatic heterocycles. The average Bonchev–Trinajstić information content (AvgIpc) is 3.24. The molecule has 3 aromatic rings. The third kappa shape index (κ3) is 5.52. The van der Waals surface area contributed by atoms with Gasteiger partial charge in [0.1, 0.15) is 5.82 Å². The molecule has 0 spiro atoms. The van der Waals surface area contributed by atoms with Crippen LogP contribution in [-0.2, 0) is 0 Å². The number of aryl methyl sites for hydroxylation is 1. The summed E-state index contributed by atoms with van der Waals surface area (Å²) in [6.45, 7) is 9.70. The molecule has 0 fully saturated rings. The summed E-state index contributed by atoms with van der Waals surface area (Å²) in [5.41, 5.74) is 3.39. The molecule has 0 aliphatic carbocycles. The number of nitrogens with zero attached hydrogens (tertiary/aromatic N) is 3. The van der Waals surface area contributed by atoms with Crippen LogP contribution < -0.4 is 4.90 Å². The molecule has 0 N–H and O–H groups in total. The van der Waals surface area contributed by atoms with Gasteiger partial charge in [-0.25, -0.2) is 9.37 Å². The summed E-state index contributed by atoms with van der Waals surface area (Å²) >= 11 is 1.44. The van der Waals surface area contributed by atoms with Crippen molar-refractivity contribution < 1.29 is 9.18 Å². The lowest BCUT2D eigenvalue weighted by Crippen LogP contribution is -2.34. The van der Waals surface area contributed by atoms with E-state index in [4.69, 9.17) is 4.98 Å². The van der Waals surface area contributed by atoms with Gasteiger partial charge in [0.05, 0.1) is 5.69 Å². The molecule has 1 heterocycles. The highest BCUT2D eigenvalue weighted by molar-refractivity contribution is 7.14. The van der Waals surface area contributed by atoms with Gasteiger partial charge >= 0.3 is 0 Å². The van der Waals surface area contributed by atoms with E-state index in [9.17, 15) is 9.18 Å². The Bertz CT molecular complexity index is 967. The van der Waals surface area contributed by atoms with Crippen LogP contribution in [0, 0.1) is 12.7 Å². The highest BCUT2D eigenvalue weighted by Gasteiger charge is 2.21. The van der Waals surface area contributed by atoms with Crippen LogP contribution in [0.25, 0.3) is 11.3 Å². The van der Waals surface area contributed by atoms with Crippen LogP contribution in [0.15, 0.2) is 53.9 Å². The topological polar surface area (TPSA) is 36.4 Å². The number of hydrogen-bond donors (Lipinski definition) is 0. The van der Waals surface area contributed by atoms with Gasteiger partial charge in [-0.15, -0.1) is 11.3 Å². The van der Waals surface area contributed by atoms with Crippen molar-refractivity contribution in [2.24, 2.45) is 0 Å². The summed E-state index contributed by atoms with van der Waals surface area (Å²) < 4.78 is 13.7. The summed E-state index contributed by atoms with van der Waals surface area (Å²) in [7, 11) is 0. The number of benzene rings is 2. The lowest BCUT2D eigenvalue weighted by molar-refractivity contribution is 0.0985. The van der Waals surface area contributed by atoms with Gasteiger partial charge in [-0.1, -0.05) is 49.7 Å². The van der Waals surface area contributed by atoms with Gasteiger partial charge in [-0.2, -0.15) is 0 Å². The number of anilines is 1. The summed E-state index contributed by atoms with van der Waals surface area (Å²) in [5.74, 6) is -0.637.